The summed E-state index contributed by atoms with van der Waals surface area (Å²) in [6.45, 7) is 14.8. The van der Waals surface area contributed by atoms with Crippen molar-refractivity contribution in [2.24, 2.45) is 17.3 Å². The first-order chi connectivity index (χ1) is 10.1. The van der Waals surface area contributed by atoms with Gasteiger partial charge in [-0.05, 0) is 64.2 Å². The maximum atomic E-state index is 6.22. The van der Waals surface area contributed by atoms with Crippen LogP contribution in [0.15, 0.2) is 11.6 Å². The Morgan fingerprint density at radius 1 is 1.27 bits per heavy atom. The summed E-state index contributed by atoms with van der Waals surface area (Å²) < 4.78 is 12.2. The Balaban J connectivity index is 1.67. The van der Waals surface area contributed by atoms with Crippen molar-refractivity contribution in [3.63, 3.8) is 0 Å². The van der Waals surface area contributed by atoms with Crippen LogP contribution in [0.3, 0.4) is 0 Å². The van der Waals surface area contributed by atoms with E-state index in [0.29, 0.717) is 17.4 Å². The van der Waals surface area contributed by atoms with Crippen LogP contribution in [0, 0.1) is 17.3 Å². The van der Waals surface area contributed by atoms with Crippen LogP contribution in [0.25, 0.3) is 0 Å². The predicted molar refractivity (Wildman–Crippen MR) is 90.9 cm³/mol. The van der Waals surface area contributed by atoms with Crippen LogP contribution in [-0.2, 0) is 9.47 Å². The summed E-state index contributed by atoms with van der Waals surface area (Å²) in [5.74, 6) is 1.43. The van der Waals surface area contributed by atoms with Gasteiger partial charge >= 0.3 is 0 Å². The molecule has 1 saturated carbocycles. The van der Waals surface area contributed by atoms with Crippen LogP contribution in [-0.4, -0.2) is 23.9 Å². The summed E-state index contributed by atoms with van der Waals surface area (Å²) in [5, 5.41) is 0. The van der Waals surface area contributed by atoms with E-state index in [1.54, 1.807) is 0 Å². The van der Waals surface area contributed by atoms with E-state index in [1.807, 2.05) is 0 Å². The molecule has 3 rings (SSSR count). The van der Waals surface area contributed by atoms with E-state index in [4.69, 9.17) is 9.47 Å². The molecule has 0 aromatic carbocycles. The largest absolute Gasteiger partial charge is 0.369 e. The molecule has 0 aromatic rings. The zero-order valence-corrected chi connectivity index (χ0v) is 15.4. The Hall–Kier alpha value is -0.340. The quantitative estimate of drug-likeness (QED) is 0.532. The molecule has 1 aliphatic carbocycles. The molecule has 3 aliphatic rings. The number of hydrogen-bond acceptors (Lipinski definition) is 2. The number of rotatable bonds is 4. The summed E-state index contributed by atoms with van der Waals surface area (Å²) in [7, 11) is 0. The van der Waals surface area contributed by atoms with Crippen LogP contribution in [0.5, 0.6) is 0 Å². The van der Waals surface area contributed by atoms with Gasteiger partial charge in [0.25, 0.3) is 0 Å². The molecule has 2 heterocycles. The van der Waals surface area contributed by atoms with E-state index >= 15 is 0 Å². The lowest BCUT2D eigenvalue weighted by Crippen LogP contribution is -2.42. The average Bonchev–Trinajstić information content (AvgIpc) is 3.27. The van der Waals surface area contributed by atoms with Gasteiger partial charge < -0.3 is 9.47 Å². The monoisotopic (exact) mass is 306 g/mol. The SMILES string of the molecule is CC(C)=CC[C@H]1O[C@]1(C)[C@H]1C[C@H](CC(C)(C)C)CC[C@]12CO2. The van der Waals surface area contributed by atoms with E-state index in [0.717, 1.165) is 18.9 Å². The van der Waals surface area contributed by atoms with Crippen molar-refractivity contribution < 1.29 is 9.47 Å². The lowest BCUT2D eigenvalue weighted by Gasteiger charge is -2.39. The third-order valence-corrected chi connectivity index (χ3v) is 6.01. The van der Waals surface area contributed by atoms with Crippen molar-refractivity contribution in [2.75, 3.05) is 6.61 Å². The van der Waals surface area contributed by atoms with E-state index in [1.165, 1.54) is 31.3 Å². The first-order valence-electron chi connectivity index (χ1n) is 9.10. The van der Waals surface area contributed by atoms with E-state index in [2.05, 4.69) is 47.6 Å². The first-order valence-corrected chi connectivity index (χ1v) is 9.10. The highest BCUT2D eigenvalue weighted by Crippen LogP contribution is 2.60. The topological polar surface area (TPSA) is 25.1 Å². The molecule has 0 amide bonds. The minimum atomic E-state index is 0.0546. The average molecular weight is 306 g/mol. The van der Waals surface area contributed by atoms with Gasteiger partial charge in [-0.2, -0.15) is 0 Å². The van der Waals surface area contributed by atoms with Crippen LogP contribution in [0.2, 0.25) is 0 Å². The minimum absolute atomic E-state index is 0.0546. The summed E-state index contributed by atoms with van der Waals surface area (Å²) in [5.41, 5.74) is 2.04. The Morgan fingerprint density at radius 3 is 2.50 bits per heavy atom. The lowest BCUT2D eigenvalue weighted by molar-refractivity contribution is 0.0512. The Morgan fingerprint density at radius 2 is 1.95 bits per heavy atom. The maximum Gasteiger partial charge on any atom is 0.0980 e. The zero-order chi connectivity index (χ0) is 16.2. The number of allylic oxidation sites excluding steroid dienone is 1. The fourth-order valence-electron chi connectivity index (χ4n) is 4.74. The maximum absolute atomic E-state index is 6.22. The predicted octanol–water partition coefficient (Wildman–Crippen LogP) is 5.12. The molecule has 3 fully saturated rings. The molecular formula is C20H34O2. The van der Waals surface area contributed by atoms with E-state index in [9.17, 15) is 0 Å². The molecule has 2 aliphatic heterocycles. The minimum Gasteiger partial charge on any atom is -0.369 e. The molecule has 22 heavy (non-hydrogen) atoms. The van der Waals surface area contributed by atoms with Crippen LogP contribution >= 0.6 is 0 Å². The van der Waals surface area contributed by atoms with Gasteiger partial charge in [-0.25, -0.2) is 0 Å². The van der Waals surface area contributed by atoms with Crippen LogP contribution in [0.1, 0.15) is 73.6 Å². The van der Waals surface area contributed by atoms with Crippen molar-refractivity contribution in [2.45, 2.75) is 91.0 Å². The van der Waals surface area contributed by atoms with Gasteiger partial charge in [0.2, 0.25) is 0 Å². The third-order valence-electron chi connectivity index (χ3n) is 6.01. The Kier molecular flexibility index (Phi) is 4.01. The molecule has 0 N–H and O–H groups in total. The molecule has 126 valence electrons. The highest BCUT2D eigenvalue weighted by Gasteiger charge is 2.68. The van der Waals surface area contributed by atoms with Gasteiger partial charge in [-0.15, -0.1) is 0 Å². The second kappa shape index (κ2) is 5.34. The van der Waals surface area contributed by atoms with Crippen molar-refractivity contribution in [1.29, 1.82) is 0 Å². The molecular weight excluding hydrogens is 272 g/mol. The number of ether oxygens (including phenoxy) is 2. The lowest BCUT2D eigenvalue weighted by atomic mass is 9.65. The molecule has 0 unspecified atom stereocenters. The second-order valence-corrected chi connectivity index (χ2v) is 9.62. The smallest absolute Gasteiger partial charge is 0.0980 e. The number of hydrogen-bond donors (Lipinski definition) is 0. The normalized spacial score (nSPS) is 44.0. The molecule has 5 atom stereocenters. The molecule has 2 saturated heterocycles. The van der Waals surface area contributed by atoms with E-state index < -0.39 is 0 Å². The zero-order valence-electron chi connectivity index (χ0n) is 15.4. The van der Waals surface area contributed by atoms with Crippen molar-refractivity contribution in [1.82, 2.24) is 0 Å². The first kappa shape index (κ1) is 16.5. The van der Waals surface area contributed by atoms with E-state index in [-0.39, 0.29) is 11.2 Å². The number of epoxide rings is 2. The summed E-state index contributed by atoms with van der Waals surface area (Å²) in [6, 6.07) is 0. The standard InChI is InChI=1S/C20H34O2/c1-14(2)7-8-17-19(6,22-17)16-11-15(12-18(3,4)5)9-10-20(16)13-21-20/h7,15-17H,8-13H2,1-6H3/t15-,16-,17-,19-,20+/m1/s1. The second-order valence-electron chi connectivity index (χ2n) is 9.62. The third kappa shape index (κ3) is 3.28. The Labute approximate surface area is 136 Å². The Bertz CT molecular complexity index is 451. The van der Waals surface area contributed by atoms with Crippen molar-refractivity contribution in [3.05, 3.63) is 11.6 Å². The van der Waals surface area contributed by atoms with Gasteiger partial charge in [-0.1, -0.05) is 32.4 Å². The molecule has 2 nitrogen and oxygen atoms in total. The van der Waals surface area contributed by atoms with Gasteiger partial charge in [-0.3, -0.25) is 0 Å². The van der Waals surface area contributed by atoms with Crippen molar-refractivity contribution in [3.8, 4) is 0 Å². The fraction of sp³-hybridized carbons (Fsp3) is 0.900. The van der Waals surface area contributed by atoms with Gasteiger partial charge in [0, 0.05) is 5.92 Å². The molecule has 0 radical (unpaired) electrons. The van der Waals surface area contributed by atoms with Crippen LogP contribution < -0.4 is 0 Å². The molecule has 0 aromatic heterocycles. The summed E-state index contributed by atoms with van der Waals surface area (Å²) >= 11 is 0. The van der Waals surface area contributed by atoms with Crippen LogP contribution in [0.4, 0.5) is 0 Å². The fourth-order valence-corrected chi connectivity index (χ4v) is 4.74. The van der Waals surface area contributed by atoms with Gasteiger partial charge in [0.15, 0.2) is 0 Å². The molecule has 0 bridgehead atoms. The molecule has 2 heteroatoms. The summed E-state index contributed by atoms with van der Waals surface area (Å²) in [6.07, 6.45) is 8.99. The summed E-state index contributed by atoms with van der Waals surface area (Å²) in [4.78, 5) is 0. The highest BCUT2D eigenvalue weighted by atomic mass is 16.6. The van der Waals surface area contributed by atoms with Gasteiger partial charge in [0.1, 0.15) is 0 Å². The van der Waals surface area contributed by atoms with Crippen molar-refractivity contribution >= 4 is 0 Å². The highest BCUT2D eigenvalue weighted by molar-refractivity contribution is 5.17. The van der Waals surface area contributed by atoms with Gasteiger partial charge in [0.05, 0.1) is 23.9 Å². The molecule has 1 spiro atoms.